The summed E-state index contributed by atoms with van der Waals surface area (Å²) in [5.41, 5.74) is 1.30. The molecule has 0 amide bonds. The van der Waals surface area contributed by atoms with Crippen molar-refractivity contribution >= 4 is 56.5 Å². The molecule has 2 aliphatic carbocycles. The second-order valence-electron chi connectivity index (χ2n) is 6.71. The van der Waals surface area contributed by atoms with Crippen LogP contribution in [0.15, 0.2) is 9.95 Å². The number of halogens is 2. The average Bonchev–Trinajstić information content (AvgIpc) is 3.02. The number of aryl methyl sites for hydroxylation is 2. The fourth-order valence-corrected chi connectivity index (χ4v) is 6.59. The maximum absolute atomic E-state index is 13.2. The van der Waals surface area contributed by atoms with E-state index in [4.69, 9.17) is 32.9 Å². The highest BCUT2D eigenvalue weighted by Gasteiger charge is 2.51. The van der Waals surface area contributed by atoms with E-state index in [9.17, 15) is 4.79 Å². The van der Waals surface area contributed by atoms with Crippen LogP contribution in [0.2, 0.25) is 0 Å². The zero-order valence-corrected chi connectivity index (χ0v) is 17.2. The lowest BCUT2D eigenvalue weighted by atomic mass is 9.97. The first-order valence-electron chi connectivity index (χ1n) is 8.56. The number of thiophene rings is 1. The number of rotatable bonds is 6. The molecule has 25 heavy (non-hydrogen) atoms. The number of hydrogen-bond donors (Lipinski definition) is 0. The summed E-state index contributed by atoms with van der Waals surface area (Å²) in [5, 5.41) is 1.58. The number of nitrogens with zero attached hydrogens (tertiary/aromatic N) is 2. The van der Waals surface area contributed by atoms with Gasteiger partial charge in [-0.15, -0.1) is 34.5 Å². The predicted octanol–water partition coefficient (Wildman–Crippen LogP) is 4.27. The molecule has 4 nitrogen and oxygen atoms in total. The molecule has 0 saturated heterocycles. The molecule has 0 N–H and O–H groups in total. The Morgan fingerprint density at radius 1 is 1.40 bits per heavy atom. The van der Waals surface area contributed by atoms with Crippen molar-refractivity contribution in [2.24, 2.45) is 5.92 Å². The lowest BCUT2D eigenvalue weighted by molar-refractivity contribution is 0.183. The molecule has 4 rings (SSSR count). The van der Waals surface area contributed by atoms with Gasteiger partial charge >= 0.3 is 0 Å². The molecular weight excluding hydrogens is 399 g/mol. The summed E-state index contributed by atoms with van der Waals surface area (Å²) < 4.78 is 6.36. The molecule has 1 atom stereocenters. The molecule has 0 unspecified atom stereocenters. The van der Waals surface area contributed by atoms with Crippen LogP contribution in [0.25, 0.3) is 10.2 Å². The fraction of sp³-hybridized carbons (Fsp3) is 0.647. The van der Waals surface area contributed by atoms with E-state index >= 15 is 0 Å². The lowest BCUT2D eigenvalue weighted by Gasteiger charge is -2.13. The number of thioether (sulfide) groups is 1. The van der Waals surface area contributed by atoms with Gasteiger partial charge in [-0.3, -0.25) is 9.36 Å². The molecule has 2 aliphatic rings. The predicted molar refractivity (Wildman–Crippen MR) is 106 cm³/mol. The molecule has 2 heterocycles. The monoisotopic (exact) mass is 418 g/mol. The molecule has 0 aliphatic heterocycles. The van der Waals surface area contributed by atoms with Crippen LogP contribution in [0.3, 0.4) is 0 Å². The van der Waals surface area contributed by atoms with Gasteiger partial charge in [0, 0.05) is 23.7 Å². The number of ether oxygens (including phenoxy) is 1. The smallest absolute Gasteiger partial charge is 0.263 e. The Morgan fingerprint density at radius 2 is 2.16 bits per heavy atom. The maximum atomic E-state index is 13.2. The van der Waals surface area contributed by atoms with Gasteiger partial charge in [0.05, 0.1) is 18.5 Å². The number of hydrogen-bond acceptors (Lipinski definition) is 5. The van der Waals surface area contributed by atoms with Gasteiger partial charge in [0.25, 0.3) is 5.56 Å². The van der Waals surface area contributed by atoms with E-state index in [-0.39, 0.29) is 11.5 Å². The SMILES string of the molecule is COCCn1c(SC[C@H]2CC2(Cl)Cl)nc2sc3c(c2c1=O)CCCC3. The van der Waals surface area contributed by atoms with Crippen molar-refractivity contribution in [3.63, 3.8) is 0 Å². The summed E-state index contributed by atoms with van der Waals surface area (Å²) in [6.45, 7) is 1.01. The van der Waals surface area contributed by atoms with Gasteiger partial charge in [0.1, 0.15) is 9.16 Å². The first-order valence-corrected chi connectivity index (χ1v) is 11.1. The third-order valence-corrected chi connectivity index (χ3v) is 8.18. The summed E-state index contributed by atoms with van der Waals surface area (Å²) in [5.74, 6) is 1.05. The molecule has 8 heteroatoms. The minimum atomic E-state index is -0.600. The van der Waals surface area contributed by atoms with Gasteiger partial charge in [0.2, 0.25) is 0 Å². The Bertz CT molecular complexity index is 862. The van der Waals surface area contributed by atoms with E-state index < -0.39 is 4.33 Å². The highest BCUT2D eigenvalue weighted by atomic mass is 35.5. The van der Waals surface area contributed by atoms with Crippen LogP contribution < -0.4 is 5.56 Å². The van der Waals surface area contributed by atoms with Crippen LogP contribution in [-0.2, 0) is 24.1 Å². The zero-order valence-electron chi connectivity index (χ0n) is 14.0. The molecule has 0 bridgehead atoms. The highest BCUT2D eigenvalue weighted by Crippen LogP contribution is 2.54. The summed E-state index contributed by atoms with van der Waals surface area (Å²) >= 11 is 15.5. The second kappa shape index (κ2) is 7.04. The van der Waals surface area contributed by atoms with Crippen molar-refractivity contribution < 1.29 is 4.74 Å². The Balaban J connectivity index is 1.73. The van der Waals surface area contributed by atoms with Gasteiger partial charge < -0.3 is 4.74 Å². The van der Waals surface area contributed by atoms with Crippen LogP contribution in [0.1, 0.15) is 29.7 Å². The topological polar surface area (TPSA) is 44.1 Å². The Labute approximate surface area is 164 Å². The normalized spacial score (nSPS) is 21.5. The highest BCUT2D eigenvalue weighted by molar-refractivity contribution is 7.99. The van der Waals surface area contributed by atoms with E-state index in [2.05, 4.69) is 0 Å². The summed E-state index contributed by atoms with van der Waals surface area (Å²) in [6, 6.07) is 0. The van der Waals surface area contributed by atoms with Gasteiger partial charge in [-0.1, -0.05) is 11.8 Å². The van der Waals surface area contributed by atoms with Crippen molar-refractivity contribution in [2.45, 2.75) is 48.1 Å². The quantitative estimate of drug-likeness (QED) is 0.399. The molecule has 1 fully saturated rings. The van der Waals surface area contributed by atoms with Gasteiger partial charge in [-0.2, -0.15) is 0 Å². The summed E-state index contributed by atoms with van der Waals surface area (Å²) in [6.07, 6.45) is 5.23. The largest absolute Gasteiger partial charge is 0.383 e. The van der Waals surface area contributed by atoms with Crippen LogP contribution >= 0.6 is 46.3 Å². The molecule has 136 valence electrons. The van der Waals surface area contributed by atoms with Gasteiger partial charge in [-0.25, -0.2) is 4.98 Å². The molecule has 0 radical (unpaired) electrons. The summed E-state index contributed by atoms with van der Waals surface area (Å²) in [7, 11) is 1.65. The molecule has 2 aromatic heterocycles. The Hall–Kier alpha value is -0.270. The van der Waals surface area contributed by atoms with E-state index in [1.807, 2.05) is 0 Å². The van der Waals surface area contributed by atoms with Crippen LogP contribution in [-0.4, -0.2) is 33.4 Å². The molecule has 0 aromatic carbocycles. The minimum absolute atomic E-state index is 0.0720. The molecular formula is C17H20Cl2N2O2S2. The number of alkyl halides is 2. The lowest BCUT2D eigenvalue weighted by Crippen LogP contribution is -2.25. The van der Waals surface area contributed by atoms with Crippen LogP contribution in [0, 0.1) is 5.92 Å². The van der Waals surface area contributed by atoms with Crippen LogP contribution in [0.5, 0.6) is 0 Å². The Morgan fingerprint density at radius 3 is 2.88 bits per heavy atom. The zero-order chi connectivity index (χ0) is 17.6. The maximum Gasteiger partial charge on any atom is 0.263 e. The molecule has 1 saturated carbocycles. The Kier molecular flexibility index (Phi) is 5.10. The van der Waals surface area contributed by atoms with Crippen molar-refractivity contribution in [1.29, 1.82) is 0 Å². The molecule has 2 aromatic rings. The van der Waals surface area contributed by atoms with Crippen molar-refractivity contribution in [3.8, 4) is 0 Å². The number of fused-ring (bicyclic) bond motifs is 3. The first kappa shape index (κ1) is 18.1. The summed E-state index contributed by atoms with van der Waals surface area (Å²) in [4.78, 5) is 20.3. The minimum Gasteiger partial charge on any atom is -0.383 e. The fourth-order valence-electron chi connectivity index (χ4n) is 3.34. The second-order valence-corrected chi connectivity index (χ2v) is 10.3. The van der Waals surface area contributed by atoms with Gasteiger partial charge in [0.15, 0.2) is 5.16 Å². The van der Waals surface area contributed by atoms with E-state index in [0.717, 1.165) is 46.8 Å². The van der Waals surface area contributed by atoms with Crippen molar-refractivity contribution in [3.05, 3.63) is 20.8 Å². The van der Waals surface area contributed by atoms with E-state index in [1.165, 1.54) is 16.9 Å². The van der Waals surface area contributed by atoms with Crippen molar-refractivity contribution in [1.82, 2.24) is 9.55 Å². The first-order chi connectivity index (χ1) is 12.0. The van der Waals surface area contributed by atoms with E-state index in [1.54, 1.807) is 34.8 Å². The van der Waals surface area contributed by atoms with Gasteiger partial charge in [-0.05, 0) is 37.7 Å². The van der Waals surface area contributed by atoms with Crippen molar-refractivity contribution in [2.75, 3.05) is 19.5 Å². The molecule has 0 spiro atoms. The van der Waals surface area contributed by atoms with Crippen LogP contribution in [0.4, 0.5) is 0 Å². The average molecular weight is 419 g/mol. The number of methoxy groups -OCH3 is 1. The van der Waals surface area contributed by atoms with E-state index in [0.29, 0.717) is 13.2 Å². The third kappa shape index (κ3) is 3.48. The standard InChI is InChI=1S/C17H20Cl2N2O2S2/c1-23-7-6-21-15(22)13-11-4-2-3-5-12(11)25-14(13)20-16(21)24-9-10-8-17(10,18)19/h10H,2-9H2,1H3/t10-/m1/s1. The third-order valence-electron chi connectivity index (χ3n) is 4.93. The number of aromatic nitrogens is 2.